The molecule has 0 bridgehead atoms. The van der Waals surface area contributed by atoms with Gasteiger partial charge >= 0.3 is 0 Å². The molecule has 0 saturated carbocycles. The van der Waals surface area contributed by atoms with Gasteiger partial charge in [0.1, 0.15) is 5.65 Å². The summed E-state index contributed by atoms with van der Waals surface area (Å²) < 4.78 is 7.18. The smallest absolute Gasteiger partial charge is 0.145 e. The Labute approximate surface area is 246 Å². The van der Waals surface area contributed by atoms with Gasteiger partial charge in [0.2, 0.25) is 0 Å². The van der Waals surface area contributed by atoms with Crippen molar-refractivity contribution >= 4 is 70.9 Å². The first kappa shape index (κ1) is 22.8. The summed E-state index contributed by atoms with van der Waals surface area (Å²) in [5.74, 6) is 0. The van der Waals surface area contributed by atoms with Crippen LogP contribution in [-0.4, -0.2) is 18.5 Å². The number of fused-ring (bicyclic) bond motifs is 14. The fraction of sp³-hybridized carbons (Fsp3) is 0. The standard InChI is InChI=1S/C39H24N4/c1-3-11-25(12-4-1)42-33-18-10-9-16-28(33)30-19-20-32-35-34(43(38(32)37(30)42)26-13-5-2-6-14-26)22-21-29-27-15-7-8-17-31(27)39-40-23-24-41(39)36(29)35/h1-24H. The summed E-state index contributed by atoms with van der Waals surface area (Å²) in [6.07, 6.45) is 4.02. The van der Waals surface area contributed by atoms with Crippen LogP contribution in [-0.2, 0) is 0 Å². The van der Waals surface area contributed by atoms with Gasteiger partial charge in [0.15, 0.2) is 0 Å². The van der Waals surface area contributed by atoms with Gasteiger partial charge < -0.3 is 9.13 Å². The Morgan fingerprint density at radius 3 is 1.72 bits per heavy atom. The maximum absolute atomic E-state index is 4.83. The van der Waals surface area contributed by atoms with Crippen LogP contribution in [0.25, 0.3) is 82.3 Å². The molecule has 0 amide bonds. The Morgan fingerprint density at radius 2 is 0.953 bits per heavy atom. The van der Waals surface area contributed by atoms with Crippen molar-refractivity contribution in [3.63, 3.8) is 0 Å². The van der Waals surface area contributed by atoms with Gasteiger partial charge in [-0.25, -0.2) is 4.98 Å². The van der Waals surface area contributed by atoms with Gasteiger partial charge in [-0.1, -0.05) is 97.1 Å². The third-order valence-electron chi connectivity index (χ3n) is 9.07. The average molecular weight is 549 g/mol. The third kappa shape index (κ3) is 2.92. The van der Waals surface area contributed by atoms with E-state index in [0.717, 1.165) is 22.4 Å². The summed E-state index contributed by atoms with van der Waals surface area (Å²) in [6, 6.07) is 48.1. The first-order chi connectivity index (χ1) is 21.4. The molecule has 0 aliphatic rings. The van der Waals surface area contributed by atoms with E-state index in [-0.39, 0.29) is 0 Å². The molecule has 0 aliphatic heterocycles. The zero-order valence-electron chi connectivity index (χ0n) is 23.1. The Morgan fingerprint density at radius 1 is 0.395 bits per heavy atom. The fourth-order valence-electron chi connectivity index (χ4n) is 7.38. The van der Waals surface area contributed by atoms with Crippen LogP contribution in [0.4, 0.5) is 0 Å². The average Bonchev–Trinajstić information content (AvgIpc) is 3.78. The van der Waals surface area contributed by atoms with E-state index in [0.29, 0.717) is 0 Å². The summed E-state index contributed by atoms with van der Waals surface area (Å²) in [7, 11) is 0. The van der Waals surface area contributed by atoms with Crippen LogP contribution in [0.5, 0.6) is 0 Å². The number of hydrogen-bond donors (Lipinski definition) is 0. The molecule has 0 fully saturated rings. The predicted octanol–water partition coefficient (Wildman–Crippen LogP) is 9.83. The number of aromatic nitrogens is 4. The highest BCUT2D eigenvalue weighted by Gasteiger charge is 2.23. The number of pyridine rings is 1. The molecule has 0 N–H and O–H groups in total. The molecule has 0 unspecified atom stereocenters. The van der Waals surface area contributed by atoms with Crippen LogP contribution in [0.15, 0.2) is 146 Å². The molecule has 200 valence electrons. The summed E-state index contributed by atoms with van der Waals surface area (Å²) >= 11 is 0. The maximum atomic E-state index is 4.83. The highest BCUT2D eigenvalue weighted by Crippen LogP contribution is 2.44. The van der Waals surface area contributed by atoms with Gasteiger partial charge in [0.25, 0.3) is 0 Å². The highest BCUT2D eigenvalue weighted by atomic mass is 15.1. The normalized spacial score (nSPS) is 12.2. The van der Waals surface area contributed by atoms with Crippen LogP contribution in [0.1, 0.15) is 0 Å². The van der Waals surface area contributed by atoms with E-state index in [1.165, 1.54) is 59.9 Å². The number of rotatable bonds is 2. The number of para-hydroxylation sites is 3. The van der Waals surface area contributed by atoms with Crippen molar-refractivity contribution in [2.45, 2.75) is 0 Å². The first-order valence-corrected chi connectivity index (χ1v) is 14.7. The SMILES string of the molecule is c1ccc(-n2c3ccccc3c3ccc4c5c(ccc6c7ccccc7c7nccn7c65)n(-c5ccccc5)c4c32)cc1. The van der Waals surface area contributed by atoms with E-state index < -0.39 is 0 Å². The zero-order valence-corrected chi connectivity index (χ0v) is 23.1. The van der Waals surface area contributed by atoms with Crippen LogP contribution >= 0.6 is 0 Å². The molecule has 4 heterocycles. The molecule has 0 spiro atoms. The van der Waals surface area contributed by atoms with Crippen molar-refractivity contribution in [1.29, 1.82) is 0 Å². The molecule has 4 nitrogen and oxygen atoms in total. The molecule has 6 aromatic carbocycles. The summed E-state index contributed by atoms with van der Waals surface area (Å²) in [4.78, 5) is 4.83. The molecule has 10 aromatic rings. The summed E-state index contributed by atoms with van der Waals surface area (Å²) in [5, 5.41) is 8.56. The lowest BCUT2D eigenvalue weighted by molar-refractivity contribution is 1.15. The lowest BCUT2D eigenvalue weighted by Gasteiger charge is -2.12. The summed E-state index contributed by atoms with van der Waals surface area (Å²) in [5.41, 5.74) is 9.25. The Kier molecular flexibility index (Phi) is 4.42. The van der Waals surface area contributed by atoms with E-state index in [1.54, 1.807) is 0 Å². The second-order valence-corrected chi connectivity index (χ2v) is 11.2. The lowest BCUT2D eigenvalue weighted by atomic mass is 10.0. The van der Waals surface area contributed by atoms with Crippen molar-refractivity contribution in [1.82, 2.24) is 18.5 Å². The van der Waals surface area contributed by atoms with E-state index in [9.17, 15) is 0 Å². The quantitative estimate of drug-likeness (QED) is 0.198. The molecule has 4 heteroatoms. The molecule has 10 rings (SSSR count). The van der Waals surface area contributed by atoms with Crippen LogP contribution in [0.3, 0.4) is 0 Å². The number of benzene rings is 6. The monoisotopic (exact) mass is 548 g/mol. The van der Waals surface area contributed by atoms with Gasteiger partial charge in [0, 0.05) is 56.1 Å². The molecule has 0 saturated heterocycles. The van der Waals surface area contributed by atoms with E-state index in [1.807, 2.05) is 6.20 Å². The third-order valence-corrected chi connectivity index (χ3v) is 9.07. The Hall–Kier alpha value is -5.87. The van der Waals surface area contributed by atoms with Gasteiger partial charge in [-0.05, 0) is 41.8 Å². The molecular formula is C39H24N4. The lowest BCUT2D eigenvalue weighted by Crippen LogP contribution is -1.98. The molecule has 0 radical (unpaired) electrons. The topological polar surface area (TPSA) is 27.2 Å². The second-order valence-electron chi connectivity index (χ2n) is 11.2. The molecule has 43 heavy (non-hydrogen) atoms. The Bertz CT molecular complexity index is 2710. The van der Waals surface area contributed by atoms with E-state index in [2.05, 4.69) is 153 Å². The largest absolute Gasteiger partial charge is 0.307 e. The Balaban J connectivity index is 1.54. The minimum Gasteiger partial charge on any atom is -0.307 e. The predicted molar refractivity (Wildman–Crippen MR) is 179 cm³/mol. The molecule has 0 aliphatic carbocycles. The highest BCUT2D eigenvalue weighted by molar-refractivity contribution is 6.30. The molecule has 0 atom stereocenters. The van der Waals surface area contributed by atoms with Crippen molar-refractivity contribution in [2.24, 2.45) is 0 Å². The molecular weight excluding hydrogens is 524 g/mol. The van der Waals surface area contributed by atoms with E-state index >= 15 is 0 Å². The van der Waals surface area contributed by atoms with Crippen LogP contribution in [0, 0.1) is 0 Å². The first-order valence-electron chi connectivity index (χ1n) is 14.7. The minimum absolute atomic E-state index is 0.982. The van der Waals surface area contributed by atoms with Gasteiger partial charge in [0.05, 0.1) is 27.6 Å². The van der Waals surface area contributed by atoms with Crippen LogP contribution < -0.4 is 0 Å². The number of hydrogen-bond acceptors (Lipinski definition) is 1. The van der Waals surface area contributed by atoms with Gasteiger partial charge in [-0.15, -0.1) is 0 Å². The second kappa shape index (κ2) is 8.34. The summed E-state index contributed by atoms with van der Waals surface area (Å²) in [6.45, 7) is 0. The zero-order chi connectivity index (χ0) is 28.1. The van der Waals surface area contributed by atoms with Crippen molar-refractivity contribution in [3.05, 3.63) is 146 Å². The molecule has 4 aromatic heterocycles. The van der Waals surface area contributed by atoms with Crippen molar-refractivity contribution < 1.29 is 0 Å². The number of imidazole rings is 1. The van der Waals surface area contributed by atoms with Gasteiger partial charge in [-0.2, -0.15) is 0 Å². The fourth-order valence-corrected chi connectivity index (χ4v) is 7.38. The van der Waals surface area contributed by atoms with Crippen molar-refractivity contribution in [3.8, 4) is 11.4 Å². The van der Waals surface area contributed by atoms with Gasteiger partial charge in [-0.3, -0.25) is 4.40 Å². The maximum Gasteiger partial charge on any atom is 0.145 e. The van der Waals surface area contributed by atoms with E-state index in [4.69, 9.17) is 4.98 Å². The van der Waals surface area contributed by atoms with Crippen LogP contribution in [0.2, 0.25) is 0 Å². The van der Waals surface area contributed by atoms with Crippen molar-refractivity contribution in [2.75, 3.05) is 0 Å². The minimum atomic E-state index is 0.982. The number of nitrogens with zero attached hydrogens (tertiary/aromatic N) is 4.